The molecule has 0 aliphatic heterocycles. The van der Waals surface area contributed by atoms with Gasteiger partial charge in [0.1, 0.15) is 5.82 Å². The molecule has 3 rings (SSSR count). The molecule has 20 heavy (non-hydrogen) atoms. The predicted octanol–water partition coefficient (Wildman–Crippen LogP) is 5.44. The van der Waals surface area contributed by atoms with Crippen LogP contribution in [0.1, 0.15) is 5.56 Å². The summed E-state index contributed by atoms with van der Waals surface area (Å²) in [6, 6.07) is 8.34. The summed E-state index contributed by atoms with van der Waals surface area (Å²) >= 11 is 17.4. The topological polar surface area (TPSA) is 20.7 Å². The highest BCUT2D eigenvalue weighted by molar-refractivity contribution is 7.71. The Bertz CT molecular complexity index is 862. The summed E-state index contributed by atoms with van der Waals surface area (Å²) in [7, 11) is 0. The third kappa shape index (κ3) is 2.24. The molecule has 102 valence electrons. The molecular weight excluding hydrogens is 318 g/mol. The fourth-order valence-electron chi connectivity index (χ4n) is 2.16. The molecule has 2 nitrogen and oxygen atoms in total. The molecule has 0 radical (unpaired) electrons. The van der Waals surface area contributed by atoms with E-state index < -0.39 is 0 Å². The molecule has 1 N–H and O–H groups in total. The normalized spacial score (nSPS) is 11.2. The second-order valence-corrected chi connectivity index (χ2v) is 5.77. The van der Waals surface area contributed by atoms with Gasteiger partial charge in [-0.1, -0.05) is 23.2 Å². The molecule has 0 saturated heterocycles. The zero-order valence-electron chi connectivity index (χ0n) is 10.4. The summed E-state index contributed by atoms with van der Waals surface area (Å²) in [6.07, 6.45) is 0. The van der Waals surface area contributed by atoms with Gasteiger partial charge in [-0.3, -0.25) is 4.57 Å². The highest BCUT2D eigenvalue weighted by Crippen LogP contribution is 2.26. The van der Waals surface area contributed by atoms with Crippen molar-refractivity contribution in [2.75, 3.05) is 0 Å². The number of nitrogens with one attached hydrogen (secondary N) is 1. The van der Waals surface area contributed by atoms with Crippen LogP contribution in [0.2, 0.25) is 10.0 Å². The van der Waals surface area contributed by atoms with Crippen molar-refractivity contribution in [3.8, 4) is 5.69 Å². The SMILES string of the molecule is Cc1cc2c(cc1F)[nH]c(=S)n2-c1cc(Cl)cc(Cl)c1. The van der Waals surface area contributed by atoms with Crippen LogP contribution in [0.5, 0.6) is 0 Å². The van der Waals surface area contributed by atoms with E-state index in [9.17, 15) is 4.39 Å². The number of hydrogen-bond acceptors (Lipinski definition) is 1. The van der Waals surface area contributed by atoms with Gasteiger partial charge >= 0.3 is 0 Å². The van der Waals surface area contributed by atoms with Gasteiger partial charge in [-0.15, -0.1) is 0 Å². The molecular formula is C14H9Cl2FN2S. The Hall–Kier alpha value is -1.36. The number of fused-ring (bicyclic) bond motifs is 1. The van der Waals surface area contributed by atoms with E-state index in [1.165, 1.54) is 6.07 Å². The third-order valence-electron chi connectivity index (χ3n) is 3.07. The molecule has 2 aromatic carbocycles. The van der Waals surface area contributed by atoms with Crippen molar-refractivity contribution >= 4 is 46.5 Å². The van der Waals surface area contributed by atoms with E-state index in [-0.39, 0.29) is 5.82 Å². The van der Waals surface area contributed by atoms with E-state index in [0.717, 1.165) is 11.2 Å². The monoisotopic (exact) mass is 326 g/mol. The van der Waals surface area contributed by atoms with E-state index in [0.29, 0.717) is 25.9 Å². The Morgan fingerprint density at radius 3 is 2.40 bits per heavy atom. The summed E-state index contributed by atoms with van der Waals surface area (Å²) < 4.78 is 15.9. The van der Waals surface area contributed by atoms with Gasteiger partial charge in [0.25, 0.3) is 0 Å². The maximum Gasteiger partial charge on any atom is 0.182 e. The van der Waals surface area contributed by atoms with Gasteiger partial charge in [-0.25, -0.2) is 4.39 Å². The lowest BCUT2D eigenvalue weighted by Crippen LogP contribution is -1.95. The molecule has 0 saturated carbocycles. The summed E-state index contributed by atoms with van der Waals surface area (Å²) in [5.41, 5.74) is 2.71. The molecule has 0 amide bonds. The zero-order valence-corrected chi connectivity index (χ0v) is 12.7. The minimum atomic E-state index is -0.273. The molecule has 0 unspecified atom stereocenters. The summed E-state index contributed by atoms with van der Waals surface area (Å²) in [6.45, 7) is 1.71. The maximum atomic E-state index is 13.6. The molecule has 0 aliphatic carbocycles. The van der Waals surface area contributed by atoms with Crippen molar-refractivity contribution in [1.82, 2.24) is 9.55 Å². The summed E-state index contributed by atoms with van der Waals surface area (Å²) in [5, 5.41) is 1.03. The Morgan fingerprint density at radius 2 is 1.75 bits per heavy atom. The number of benzene rings is 2. The number of halogens is 3. The first kappa shape index (κ1) is 13.6. The minimum Gasteiger partial charge on any atom is -0.330 e. The molecule has 0 fully saturated rings. The molecule has 1 heterocycles. The minimum absolute atomic E-state index is 0.273. The van der Waals surface area contributed by atoms with Crippen LogP contribution in [0.3, 0.4) is 0 Å². The standard InChI is InChI=1S/C14H9Cl2FN2S/c1-7-2-13-12(6-11(7)17)18-14(20)19(13)10-4-8(15)3-9(16)5-10/h2-6H,1H3,(H,18,20). The highest BCUT2D eigenvalue weighted by Gasteiger charge is 2.10. The smallest absolute Gasteiger partial charge is 0.182 e. The number of rotatable bonds is 1. The fourth-order valence-corrected chi connectivity index (χ4v) is 2.98. The van der Waals surface area contributed by atoms with E-state index in [2.05, 4.69) is 4.98 Å². The number of aromatic amines is 1. The number of aryl methyl sites for hydroxylation is 1. The average molecular weight is 327 g/mol. The molecule has 6 heteroatoms. The Labute approximate surface area is 129 Å². The van der Waals surface area contributed by atoms with Gasteiger partial charge in [-0.05, 0) is 55.0 Å². The van der Waals surface area contributed by atoms with Crippen molar-refractivity contribution < 1.29 is 4.39 Å². The Balaban J connectivity index is 2.38. The first-order valence-corrected chi connectivity index (χ1v) is 6.99. The van der Waals surface area contributed by atoms with Crippen LogP contribution in [0, 0.1) is 17.5 Å². The average Bonchev–Trinajstić information content (AvgIpc) is 2.64. The van der Waals surface area contributed by atoms with Crippen LogP contribution < -0.4 is 0 Å². The maximum absolute atomic E-state index is 13.6. The predicted molar refractivity (Wildman–Crippen MR) is 83.2 cm³/mol. The number of imidazole rings is 1. The van der Waals surface area contributed by atoms with Crippen molar-refractivity contribution in [1.29, 1.82) is 0 Å². The van der Waals surface area contributed by atoms with Gasteiger partial charge in [0.15, 0.2) is 4.77 Å². The van der Waals surface area contributed by atoms with Crippen LogP contribution in [0.4, 0.5) is 4.39 Å². The van der Waals surface area contributed by atoms with Crippen molar-refractivity contribution in [3.05, 3.63) is 56.5 Å². The van der Waals surface area contributed by atoms with Crippen LogP contribution in [-0.2, 0) is 0 Å². The van der Waals surface area contributed by atoms with Crippen molar-refractivity contribution in [2.24, 2.45) is 0 Å². The number of hydrogen-bond donors (Lipinski definition) is 1. The van der Waals surface area contributed by atoms with E-state index >= 15 is 0 Å². The van der Waals surface area contributed by atoms with Gasteiger partial charge in [-0.2, -0.15) is 0 Å². The number of nitrogens with zero attached hydrogens (tertiary/aromatic N) is 1. The van der Waals surface area contributed by atoms with Gasteiger partial charge in [0, 0.05) is 10.0 Å². The van der Waals surface area contributed by atoms with Gasteiger partial charge in [0.2, 0.25) is 0 Å². The van der Waals surface area contributed by atoms with Crippen LogP contribution in [0.15, 0.2) is 30.3 Å². The highest BCUT2D eigenvalue weighted by atomic mass is 35.5. The lowest BCUT2D eigenvalue weighted by molar-refractivity contribution is 0.620. The van der Waals surface area contributed by atoms with Crippen LogP contribution in [-0.4, -0.2) is 9.55 Å². The van der Waals surface area contributed by atoms with Crippen LogP contribution >= 0.6 is 35.4 Å². The van der Waals surface area contributed by atoms with Crippen molar-refractivity contribution in [3.63, 3.8) is 0 Å². The molecule has 0 aliphatic rings. The largest absolute Gasteiger partial charge is 0.330 e. The zero-order chi connectivity index (χ0) is 14.4. The first-order chi connectivity index (χ1) is 9.45. The molecule has 1 aromatic heterocycles. The van der Waals surface area contributed by atoms with Crippen molar-refractivity contribution in [2.45, 2.75) is 6.92 Å². The van der Waals surface area contributed by atoms with E-state index in [1.807, 2.05) is 0 Å². The lowest BCUT2D eigenvalue weighted by atomic mass is 10.2. The fraction of sp³-hybridized carbons (Fsp3) is 0.0714. The van der Waals surface area contributed by atoms with E-state index in [4.69, 9.17) is 35.4 Å². The number of aromatic nitrogens is 2. The third-order valence-corrected chi connectivity index (χ3v) is 3.79. The Morgan fingerprint density at radius 1 is 1.10 bits per heavy atom. The second kappa shape index (κ2) is 4.88. The molecule has 0 spiro atoms. The number of H-pyrrole nitrogens is 1. The quantitative estimate of drug-likeness (QED) is 0.590. The molecule has 0 bridgehead atoms. The molecule has 3 aromatic rings. The lowest BCUT2D eigenvalue weighted by Gasteiger charge is -2.07. The Kier molecular flexibility index (Phi) is 3.32. The first-order valence-electron chi connectivity index (χ1n) is 5.83. The molecule has 0 atom stereocenters. The summed E-state index contributed by atoms with van der Waals surface area (Å²) in [5.74, 6) is -0.273. The summed E-state index contributed by atoms with van der Waals surface area (Å²) in [4.78, 5) is 2.98. The van der Waals surface area contributed by atoms with Gasteiger partial charge < -0.3 is 4.98 Å². The van der Waals surface area contributed by atoms with Crippen LogP contribution in [0.25, 0.3) is 16.7 Å². The van der Waals surface area contributed by atoms with Gasteiger partial charge in [0.05, 0.1) is 16.7 Å². The second-order valence-electron chi connectivity index (χ2n) is 4.51. The van der Waals surface area contributed by atoms with E-state index in [1.54, 1.807) is 35.8 Å².